The molecule has 0 atom stereocenters. The molecule has 9 nitrogen and oxygen atoms in total. The highest BCUT2D eigenvalue weighted by Gasteiger charge is 2.16. The number of nitro benzene ring substituents is 1. The van der Waals surface area contributed by atoms with Crippen LogP contribution in [0.5, 0.6) is 0 Å². The number of nitrogens with zero attached hydrogens (tertiary/aromatic N) is 2. The number of aromatic amines is 1. The van der Waals surface area contributed by atoms with Crippen LogP contribution in [0.2, 0.25) is 0 Å². The zero-order valence-corrected chi connectivity index (χ0v) is 13.9. The van der Waals surface area contributed by atoms with Crippen molar-refractivity contribution >= 4 is 33.2 Å². The van der Waals surface area contributed by atoms with E-state index in [2.05, 4.69) is 35.9 Å². The van der Waals surface area contributed by atoms with E-state index in [1.54, 1.807) is 24.3 Å². The molecule has 0 aliphatic rings. The number of carbonyl (C=O) groups excluding carboxylic acids is 1. The van der Waals surface area contributed by atoms with Gasteiger partial charge in [-0.2, -0.15) is 0 Å². The minimum absolute atomic E-state index is 0.134. The van der Waals surface area contributed by atoms with Crippen molar-refractivity contribution in [3.05, 3.63) is 73.2 Å². The number of aromatic nitrogens is 2. The first kappa shape index (κ1) is 16.6. The molecule has 2 aromatic carbocycles. The van der Waals surface area contributed by atoms with Gasteiger partial charge in [0.15, 0.2) is 5.82 Å². The predicted octanol–water partition coefficient (Wildman–Crippen LogP) is 2.95. The lowest BCUT2D eigenvalue weighted by Gasteiger charge is -2.07. The van der Waals surface area contributed by atoms with Crippen molar-refractivity contribution in [3.8, 4) is 11.4 Å². The van der Waals surface area contributed by atoms with E-state index in [0.717, 1.165) is 0 Å². The molecule has 3 aromatic rings. The van der Waals surface area contributed by atoms with Crippen molar-refractivity contribution in [1.82, 2.24) is 10.1 Å². The molecule has 1 heterocycles. The second kappa shape index (κ2) is 6.69. The SMILES string of the molecule is O=C(Nc1cccc(-c2noc(=O)[nH]2)c1)c1ccc(Br)c([N+](=O)[O-])c1. The van der Waals surface area contributed by atoms with Gasteiger partial charge in [0.25, 0.3) is 11.6 Å². The molecule has 0 saturated heterocycles. The average molecular weight is 405 g/mol. The summed E-state index contributed by atoms with van der Waals surface area (Å²) >= 11 is 3.07. The lowest BCUT2D eigenvalue weighted by Crippen LogP contribution is -2.12. The van der Waals surface area contributed by atoms with Gasteiger partial charge in [0.1, 0.15) is 0 Å². The van der Waals surface area contributed by atoms with E-state index < -0.39 is 16.6 Å². The zero-order valence-electron chi connectivity index (χ0n) is 12.4. The van der Waals surface area contributed by atoms with Gasteiger partial charge in [0.2, 0.25) is 0 Å². The van der Waals surface area contributed by atoms with E-state index in [4.69, 9.17) is 0 Å². The Hall–Kier alpha value is -3.27. The second-order valence-electron chi connectivity index (χ2n) is 4.90. The van der Waals surface area contributed by atoms with E-state index in [-0.39, 0.29) is 21.5 Å². The van der Waals surface area contributed by atoms with Crippen LogP contribution < -0.4 is 11.1 Å². The molecule has 0 bridgehead atoms. The predicted molar refractivity (Wildman–Crippen MR) is 91.3 cm³/mol. The van der Waals surface area contributed by atoms with E-state index >= 15 is 0 Å². The van der Waals surface area contributed by atoms with Crippen molar-refractivity contribution in [2.24, 2.45) is 0 Å². The number of hydrogen-bond acceptors (Lipinski definition) is 6. The maximum Gasteiger partial charge on any atom is 0.439 e. The molecule has 3 rings (SSSR count). The number of nitro groups is 1. The van der Waals surface area contributed by atoms with Gasteiger partial charge in [-0.15, -0.1) is 0 Å². The van der Waals surface area contributed by atoms with Crippen molar-refractivity contribution < 1.29 is 14.2 Å². The second-order valence-corrected chi connectivity index (χ2v) is 5.76. The summed E-state index contributed by atoms with van der Waals surface area (Å²) in [6.07, 6.45) is 0. The normalized spacial score (nSPS) is 10.4. The first-order valence-corrected chi connectivity index (χ1v) is 7.65. The summed E-state index contributed by atoms with van der Waals surface area (Å²) in [5, 5.41) is 17.2. The van der Waals surface area contributed by atoms with Crippen LogP contribution in [0.3, 0.4) is 0 Å². The third kappa shape index (κ3) is 3.63. The number of hydrogen-bond donors (Lipinski definition) is 2. The van der Waals surface area contributed by atoms with Gasteiger partial charge in [0.05, 0.1) is 9.40 Å². The fraction of sp³-hybridized carbons (Fsp3) is 0. The van der Waals surface area contributed by atoms with Crippen LogP contribution in [-0.4, -0.2) is 21.0 Å². The minimum Gasteiger partial charge on any atom is -0.322 e. The Labute approximate surface area is 147 Å². The summed E-state index contributed by atoms with van der Waals surface area (Å²) in [5.74, 6) is -0.978. The average Bonchev–Trinajstić information content (AvgIpc) is 3.01. The van der Waals surface area contributed by atoms with E-state index in [0.29, 0.717) is 11.3 Å². The molecule has 0 spiro atoms. The molecule has 0 aliphatic heterocycles. The van der Waals surface area contributed by atoms with Gasteiger partial charge in [-0.3, -0.25) is 24.4 Å². The van der Waals surface area contributed by atoms with Crippen LogP contribution >= 0.6 is 15.9 Å². The van der Waals surface area contributed by atoms with E-state index in [9.17, 15) is 19.7 Å². The number of H-pyrrole nitrogens is 1. The van der Waals surface area contributed by atoms with Crippen LogP contribution in [0.1, 0.15) is 10.4 Å². The number of rotatable bonds is 4. The third-order valence-electron chi connectivity index (χ3n) is 3.24. The Morgan fingerprint density at radius 3 is 2.76 bits per heavy atom. The monoisotopic (exact) mass is 404 g/mol. The molecule has 0 radical (unpaired) electrons. The molecule has 126 valence electrons. The molecule has 0 unspecified atom stereocenters. The smallest absolute Gasteiger partial charge is 0.322 e. The molecule has 25 heavy (non-hydrogen) atoms. The largest absolute Gasteiger partial charge is 0.439 e. The van der Waals surface area contributed by atoms with E-state index in [1.807, 2.05) is 0 Å². The van der Waals surface area contributed by atoms with Crippen LogP contribution in [-0.2, 0) is 0 Å². The maximum absolute atomic E-state index is 12.3. The van der Waals surface area contributed by atoms with Crippen molar-refractivity contribution in [2.45, 2.75) is 0 Å². The zero-order chi connectivity index (χ0) is 18.0. The molecular formula is C15H9BrN4O5. The van der Waals surface area contributed by atoms with Crippen LogP contribution in [0.4, 0.5) is 11.4 Å². The molecule has 0 saturated carbocycles. The Morgan fingerprint density at radius 1 is 1.28 bits per heavy atom. The molecule has 10 heteroatoms. The van der Waals surface area contributed by atoms with E-state index in [1.165, 1.54) is 18.2 Å². The van der Waals surface area contributed by atoms with Gasteiger partial charge < -0.3 is 5.32 Å². The highest BCUT2D eigenvalue weighted by atomic mass is 79.9. The Balaban J connectivity index is 1.85. The number of anilines is 1. The van der Waals surface area contributed by atoms with Crippen LogP contribution in [0.15, 0.2) is 56.3 Å². The Bertz CT molecular complexity index is 1030. The standard InChI is InChI=1S/C15H9BrN4O5/c16-11-5-4-9(7-12(11)20(23)24)14(21)17-10-3-1-2-8(6-10)13-18-15(22)25-19-13/h1-7H,(H,17,21)(H,18,19,22). The maximum atomic E-state index is 12.3. The summed E-state index contributed by atoms with van der Waals surface area (Å²) in [6, 6.07) is 10.6. The topological polar surface area (TPSA) is 131 Å². The van der Waals surface area contributed by atoms with Gasteiger partial charge in [0, 0.05) is 22.9 Å². The number of amides is 1. The molecular weight excluding hydrogens is 396 g/mol. The Kier molecular flexibility index (Phi) is 4.44. The first-order chi connectivity index (χ1) is 11.9. The third-order valence-corrected chi connectivity index (χ3v) is 3.91. The van der Waals surface area contributed by atoms with Crippen molar-refractivity contribution in [1.29, 1.82) is 0 Å². The summed E-state index contributed by atoms with van der Waals surface area (Å²) in [7, 11) is 0. The summed E-state index contributed by atoms with van der Waals surface area (Å²) in [4.78, 5) is 36.1. The van der Waals surface area contributed by atoms with Crippen LogP contribution in [0, 0.1) is 10.1 Å². The van der Waals surface area contributed by atoms with Gasteiger partial charge in [-0.25, -0.2) is 4.79 Å². The fourth-order valence-corrected chi connectivity index (χ4v) is 2.49. The molecule has 2 N–H and O–H groups in total. The summed E-state index contributed by atoms with van der Waals surface area (Å²) in [5.41, 5.74) is 0.888. The number of halogens is 1. The molecule has 1 aromatic heterocycles. The quantitative estimate of drug-likeness (QED) is 0.507. The number of nitrogens with one attached hydrogen (secondary N) is 2. The van der Waals surface area contributed by atoms with Crippen molar-refractivity contribution in [2.75, 3.05) is 5.32 Å². The molecule has 0 aliphatic carbocycles. The lowest BCUT2D eigenvalue weighted by atomic mass is 10.1. The van der Waals surface area contributed by atoms with Gasteiger partial charge in [-0.05, 0) is 40.2 Å². The van der Waals surface area contributed by atoms with Gasteiger partial charge in [-0.1, -0.05) is 17.3 Å². The van der Waals surface area contributed by atoms with Crippen molar-refractivity contribution in [3.63, 3.8) is 0 Å². The number of carbonyl (C=O) groups is 1. The summed E-state index contributed by atoms with van der Waals surface area (Å²) in [6.45, 7) is 0. The van der Waals surface area contributed by atoms with Crippen LogP contribution in [0.25, 0.3) is 11.4 Å². The fourth-order valence-electron chi connectivity index (χ4n) is 2.10. The minimum atomic E-state index is -0.688. The lowest BCUT2D eigenvalue weighted by molar-refractivity contribution is -0.385. The molecule has 1 amide bonds. The Morgan fingerprint density at radius 2 is 2.08 bits per heavy atom. The highest BCUT2D eigenvalue weighted by molar-refractivity contribution is 9.10. The number of benzene rings is 2. The highest BCUT2D eigenvalue weighted by Crippen LogP contribution is 2.26. The molecule has 0 fully saturated rings. The summed E-state index contributed by atoms with van der Waals surface area (Å²) < 4.78 is 4.72. The first-order valence-electron chi connectivity index (χ1n) is 6.86. The van der Waals surface area contributed by atoms with Gasteiger partial charge >= 0.3 is 5.76 Å².